The Hall–Kier alpha value is -0.110. The van der Waals surface area contributed by atoms with Crippen molar-refractivity contribution in [2.24, 2.45) is 0 Å². The number of rotatable bonds is 0. The van der Waals surface area contributed by atoms with Crippen molar-refractivity contribution in [2.45, 2.75) is 6.18 Å². The summed E-state index contributed by atoms with van der Waals surface area (Å²) < 4.78 is 36.0. The average Bonchev–Trinajstić information content (AvgIpc) is 1.83. The molecule has 0 aliphatic rings. The van der Waals surface area contributed by atoms with Crippen LogP contribution in [0.4, 0.5) is 13.2 Å². The Morgan fingerprint density at radius 1 is 1.42 bits per heavy atom. The lowest BCUT2D eigenvalue weighted by atomic mass is 10.3. The molecule has 0 aliphatic carbocycles. The van der Waals surface area contributed by atoms with E-state index in [1.165, 1.54) is 22.6 Å². The van der Waals surface area contributed by atoms with Crippen LogP contribution in [-0.4, -0.2) is 9.97 Å². The molecule has 0 aromatic carbocycles. The number of halogens is 5. The summed E-state index contributed by atoms with van der Waals surface area (Å²) in [6.45, 7) is 0. The van der Waals surface area contributed by atoms with Gasteiger partial charge in [-0.05, 0) is 34.2 Å². The summed E-state index contributed by atoms with van der Waals surface area (Å²) in [6, 6.07) is 0. The molecule has 7 heteroatoms. The van der Waals surface area contributed by atoms with Crippen molar-refractivity contribution in [1.82, 2.24) is 9.97 Å². The van der Waals surface area contributed by atoms with E-state index in [-0.39, 0.29) is 8.98 Å². The molecule has 0 saturated carbocycles. The van der Waals surface area contributed by atoms with Gasteiger partial charge in [-0.3, -0.25) is 0 Å². The fourth-order valence-corrected chi connectivity index (χ4v) is 1.48. The maximum Gasteiger partial charge on any atom is 0.420 e. The summed E-state index contributed by atoms with van der Waals surface area (Å²) in [7, 11) is 0. The summed E-state index contributed by atoms with van der Waals surface area (Å²) in [5, 5.41) is -0.188. The predicted octanol–water partition coefficient (Wildman–Crippen LogP) is 2.75. The van der Waals surface area contributed by atoms with Crippen LogP contribution in [0.1, 0.15) is 5.56 Å². The Labute approximate surface area is 84.3 Å². The second kappa shape index (κ2) is 3.33. The lowest BCUT2D eigenvalue weighted by molar-refractivity contribution is -0.138. The van der Waals surface area contributed by atoms with E-state index in [1.807, 2.05) is 0 Å². The van der Waals surface area contributed by atoms with E-state index in [1.54, 1.807) is 0 Å². The van der Waals surface area contributed by atoms with Crippen LogP contribution < -0.4 is 0 Å². The van der Waals surface area contributed by atoms with Crippen molar-refractivity contribution in [1.29, 1.82) is 0 Å². The lowest BCUT2D eigenvalue weighted by Gasteiger charge is -2.06. The highest BCUT2D eigenvalue weighted by Crippen LogP contribution is 2.31. The van der Waals surface area contributed by atoms with Gasteiger partial charge in [0.25, 0.3) is 0 Å². The third kappa shape index (κ3) is 2.19. The number of hydrogen-bond acceptors (Lipinski definition) is 2. The maximum atomic E-state index is 12.1. The Kier molecular flexibility index (Phi) is 2.77. The van der Waals surface area contributed by atoms with Crippen LogP contribution in [0.15, 0.2) is 6.20 Å². The highest BCUT2D eigenvalue weighted by Gasteiger charge is 2.34. The lowest BCUT2D eigenvalue weighted by Crippen LogP contribution is -2.09. The molecule has 0 fully saturated rings. The summed E-state index contributed by atoms with van der Waals surface area (Å²) in [4.78, 5) is 6.60. The van der Waals surface area contributed by atoms with Gasteiger partial charge in [-0.15, -0.1) is 0 Å². The Bertz CT molecular complexity index is 301. The van der Waals surface area contributed by atoms with Gasteiger partial charge < -0.3 is 0 Å². The first-order valence-corrected chi connectivity index (χ1v) is 4.12. The zero-order valence-electron chi connectivity index (χ0n) is 5.36. The second-order valence-electron chi connectivity index (χ2n) is 1.84. The summed E-state index contributed by atoms with van der Waals surface area (Å²) in [5.41, 5.74) is -0.868. The van der Waals surface area contributed by atoms with Crippen molar-refractivity contribution in [3.05, 3.63) is 20.7 Å². The average molecular weight is 308 g/mol. The topological polar surface area (TPSA) is 25.8 Å². The van der Waals surface area contributed by atoms with E-state index in [0.717, 1.165) is 0 Å². The largest absolute Gasteiger partial charge is 0.420 e. The summed E-state index contributed by atoms with van der Waals surface area (Å²) in [6.07, 6.45) is -3.75. The van der Waals surface area contributed by atoms with E-state index in [2.05, 4.69) is 9.97 Å². The number of alkyl halides is 3. The smallest absolute Gasteiger partial charge is 0.226 e. The molecule has 0 unspecified atom stereocenters. The van der Waals surface area contributed by atoms with Crippen molar-refractivity contribution in [3.8, 4) is 0 Å². The third-order valence-corrected chi connectivity index (χ3v) is 2.02. The highest BCUT2D eigenvalue weighted by atomic mass is 127. The monoisotopic (exact) mass is 308 g/mol. The fourth-order valence-electron chi connectivity index (χ4n) is 0.531. The molecule has 0 atom stereocenters. The molecule has 2 nitrogen and oxygen atoms in total. The minimum Gasteiger partial charge on any atom is -0.226 e. The van der Waals surface area contributed by atoms with Crippen LogP contribution >= 0.6 is 34.2 Å². The Morgan fingerprint density at radius 3 is 2.42 bits per heavy atom. The van der Waals surface area contributed by atoms with Gasteiger partial charge in [0.15, 0.2) is 0 Å². The molecule has 0 N–H and O–H groups in total. The highest BCUT2D eigenvalue weighted by molar-refractivity contribution is 14.1. The normalized spacial score (nSPS) is 11.8. The van der Waals surface area contributed by atoms with Crippen molar-refractivity contribution in [2.75, 3.05) is 0 Å². The van der Waals surface area contributed by atoms with Crippen LogP contribution in [-0.2, 0) is 6.18 Å². The number of nitrogens with zero attached hydrogens (tertiary/aromatic N) is 2. The Morgan fingerprint density at radius 2 is 2.00 bits per heavy atom. The molecule has 0 amide bonds. The van der Waals surface area contributed by atoms with Gasteiger partial charge in [-0.25, -0.2) is 9.97 Å². The van der Waals surface area contributed by atoms with Gasteiger partial charge in [0.05, 0.1) is 0 Å². The summed E-state index contributed by atoms with van der Waals surface area (Å²) in [5.74, 6) is 0. The molecule has 0 aliphatic heterocycles. The zero-order valence-corrected chi connectivity index (χ0v) is 8.28. The van der Waals surface area contributed by atoms with Gasteiger partial charge in [0.1, 0.15) is 9.26 Å². The molecule has 1 rings (SSSR count). The van der Waals surface area contributed by atoms with Gasteiger partial charge in [-0.1, -0.05) is 0 Å². The SMILES string of the molecule is FC(F)(F)c1cnc(Cl)nc1I. The van der Waals surface area contributed by atoms with Crippen molar-refractivity contribution >= 4 is 34.2 Å². The van der Waals surface area contributed by atoms with Crippen LogP contribution in [0.25, 0.3) is 0 Å². The van der Waals surface area contributed by atoms with E-state index >= 15 is 0 Å². The van der Waals surface area contributed by atoms with Gasteiger partial charge >= 0.3 is 6.18 Å². The molecule has 0 bridgehead atoms. The zero-order chi connectivity index (χ0) is 9.35. The van der Waals surface area contributed by atoms with Crippen molar-refractivity contribution in [3.63, 3.8) is 0 Å². The number of hydrogen-bond donors (Lipinski definition) is 0. The number of aromatic nitrogens is 2. The maximum absolute atomic E-state index is 12.1. The standard InChI is InChI=1S/C5HClF3IN2/c6-4-11-1-2(3(10)12-4)5(7,8)9/h1H. The molecule has 0 radical (unpaired) electrons. The summed E-state index contributed by atoms with van der Waals surface area (Å²) >= 11 is 6.73. The van der Waals surface area contributed by atoms with E-state index < -0.39 is 11.7 Å². The molecule has 66 valence electrons. The van der Waals surface area contributed by atoms with Crippen molar-refractivity contribution < 1.29 is 13.2 Å². The van der Waals surface area contributed by atoms with Crippen LogP contribution in [0.2, 0.25) is 5.28 Å². The first kappa shape index (κ1) is 9.97. The minimum absolute atomic E-state index is 0.188. The van der Waals surface area contributed by atoms with Gasteiger partial charge in [0, 0.05) is 6.20 Å². The van der Waals surface area contributed by atoms with Crippen LogP contribution in [0, 0.1) is 3.70 Å². The van der Waals surface area contributed by atoms with E-state index in [4.69, 9.17) is 11.6 Å². The Balaban J connectivity index is 3.19. The van der Waals surface area contributed by atoms with Gasteiger partial charge in [0.2, 0.25) is 5.28 Å². The molecule has 12 heavy (non-hydrogen) atoms. The molecule has 1 aromatic rings. The fraction of sp³-hybridized carbons (Fsp3) is 0.200. The molecule has 0 saturated heterocycles. The van der Waals surface area contributed by atoms with Crippen LogP contribution in [0.5, 0.6) is 0 Å². The van der Waals surface area contributed by atoms with E-state index in [9.17, 15) is 13.2 Å². The third-order valence-electron chi connectivity index (χ3n) is 1.02. The predicted molar refractivity (Wildman–Crippen MR) is 44.8 cm³/mol. The van der Waals surface area contributed by atoms with Crippen LogP contribution in [0.3, 0.4) is 0 Å². The quantitative estimate of drug-likeness (QED) is 0.418. The minimum atomic E-state index is -4.42. The molecule has 0 spiro atoms. The van der Waals surface area contributed by atoms with Gasteiger partial charge in [-0.2, -0.15) is 13.2 Å². The first-order chi connectivity index (χ1) is 5.41. The first-order valence-electron chi connectivity index (χ1n) is 2.66. The molecular formula is C5HClF3IN2. The molecule has 1 heterocycles. The molecular weight excluding hydrogens is 307 g/mol. The second-order valence-corrected chi connectivity index (χ2v) is 3.20. The molecule has 1 aromatic heterocycles. The van der Waals surface area contributed by atoms with E-state index in [0.29, 0.717) is 6.20 Å².